The molecule has 0 radical (unpaired) electrons. The van der Waals surface area contributed by atoms with E-state index in [1.54, 1.807) is 18.2 Å². The molecule has 3 aromatic rings. The van der Waals surface area contributed by atoms with Crippen molar-refractivity contribution in [1.29, 1.82) is 5.41 Å². The van der Waals surface area contributed by atoms with E-state index in [-0.39, 0.29) is 27.9 Å². The van der Waals surface area contributed by atoms with Crippen LogP contribution in [0.4, 0.5) is 11.5 Å². The van der Waals surface area contributed by atoms with E-state index in [9.17, 15) is 4.79 Å². The number of methoxy groups -OCH3 is 1. The molecule has 29 heavy (non-hydrogen) atoms. The number of rotatable bonds is 6. The first kappa shape index (κ1) is 20.2. The number of carbonyl (C=O) groups is 1. The van der Waals surface area contributed by atoms with Gasteiger partial charge in [-0.15, -0.1) is 0 Å². The van der Waals surface area contributed by atoms with E-state index in [0.29, 0.717) is 18.0 Å². The zero-order chi connectivity index (χ0) is 20.8. The first-order valence-corrected chi connectivity index (χ1v) is 9.02. The number of nitrogens with two attached hydrogens (primary N) is 1. The number of nitrogens with one attached hydrogen (secondary N) is 2. The lowest BCUT2D eigenvalue weighted by Gasteiger charge is -2.12. The summed E-state index contributed by atoms with van der Waals surface area (Å²) in [7, 11) is 1.35. The molecule has 1 aromatic heterocycles. The zero-order valence-electron chi connectivity index (χ0n) is 15.6. The summed E-state index contributed by atoms with van der Waals surface area (Å²) in [5.41, 5.74) is 7.61. The van der Waals surface area contributed by atoms with Crippen LogP contribution in [0.15, 0.2) is 60.8 Å². The third-order valence-corrected chi connectivity index (χ3v) is 4.46. The first-order valence-electron chi connectivity index (χ1n) is 8.64. The first-order chi connectivity index (χ1) is 14.0. The van der Waals surface area contributed by atoms with E-state index >= 15 is 0 Å². The maximum atomic E-state index is 12.7. The van der Waals surface area contributed by atoms with E-state index in [1.165, 1.54) is 19.4 Å². The summed E-state index contributed by atoms with van der Waals surface area (Å²) in [4.78, 5) is 16.7. The fourth-order valence-corrected chi connectivity index (χ4v) is 2.83. The molecule has 1 amide bonds. The summed E-state index contributed by atoms with van der Waals surface area (Å²) < 4.78 is 10.6. The molecule has 1 heterocycles. The average Bonchev–Trinajstić information content (AvgIpc) is 2.74. The summed E-state index contributed by atoms with van der Waals surface area (Å²) in [6.45, 7) is 0.329. The fraction of sp³-hybridized carbons (Fsp3) is 0.0952. The van der Waals surface area contributed by atoms with E-state index in [4.69, 9.17) is 32.2 Å². The van der Waals surface area contributed by atoms with Crippen molar-refractivity contribution in [2.24, 2.45) is 0 Å². The van der Waals surface area contributed by atoms with Gasteiger partial charge in [-0.3, -0.25) is 10.2 Å². The Balaban J connectivity index is 1.77. The molecule has 0 unspecified atom stereocenters. The Labute approximate surface area is 172 Å². The molecular weight excluding hydrogens is 392 g/mol. The number of benzene rings is 2. The smallest absolute Gasteiger partial charge is 0.257 e. The SMILES string of the molecule is COC(=N)c1cc(NC(=O)c2cccc(OCc3ccccc3)c2Cl)cnc1N. The second-order valence-electron chi connectivity index (χ2n) is 6.04. The minimum atomic E-state index is -0.443. The molecule has 4 N–H and O–H groups in total. The second-order valence-corrected chi connectivity index (χ2v) is 6.41. The zero-order valence-corrected chi connectivity index (χ0v) is 16.4. The monoisotopic (exact) mass is 410 g/mol. The van der Waals surface area contributed by atoms with Crippen molar-refractivity contribution in [2.45, 2.75) is 6.61 Å². The molecule has 0 saturated carbocycles. The second kappa shape index (κ2) is 9.07. The molecule has 0 aliphatic heterocycles. The molecule has 0 bridgehead atoms. The molecule has 3 rings (SSSR count). The van der Waals surface area contributed by atoms with Gasteiger partial charge in [0.15, 0.2) is 0 Å². The van der Waals surface area contributed by atoms with Gasteiger partial charge in [-0.25, -0.2) is 4.98 Å². The number of carbonyl (C=O) groups excluding carboxylic acids is 1. The van der Waals surface area contributed by atoms with Crippen LogP contribution in [0.5, 0.6) is 5.75 Å². The van der Waals surface area contributed by atoms with Crippen molar-refractivity contribution in [3.8, 4) is 5.75 Å². The highest BCUT2D eigenvalue weighted by atomic mass is 35.5. The van der Waals surface area contributed by atoms with E-state index < -0.39 is 5.91 Å². The average molecular weight is 411 g/mol. The van der Waals surface area contributed by atoms with Crippen LogP contribution in [0.3, 0.4) is 0 Å². The molecule has 2 aromatic carbocycles. The summed E-state index contributed by atoms with van der Waals surface area (Å²) in [6, 6.07) is 16.1. The number of amides is 1. The number of ether oxygens (including phenoxy) is 2. The van der Waals surface area contributed by atoms with Crippen molar-refractivity contribution in [3.63, 3.8) is 0 Å². The number of pyridine rings is 1. The number of hydrogen-bond donors (Lipinski definition) is 3. The number of hydrogen-bond acceptors (Lipinski definition) is 6. The molecular formula is C21H19ClN4O3. The number of nitrogens with zero attached hydrogens (tertiary/aromatic N) is 1. The largest absolute Gasteiger partial charge is 0.487 e. The molecule has 0 spiro atoms. The summed E-state index contributed by atoms with van der Waals surface area (Å²) >= 11 is 6.39. The van der Waals surface area contributed by atoms with Gasteiger partial charge < -0.3 is 20.5 Å². The Bertz CT molecular complexity index is 1040. The van der Waals surface area contributed by atoms with Crippen molar-refractivity contribution < 1.29 is 14.3 Å². The highest BCUT2D eigenvalue weighted by molar-refractivity contribution is 6.35. The van der Waals surface area contributed by atoms with Crippen LogP contribution in [0.25, 0.3) is 0 Å². The lowest BCUT2D eigenvalue weighted by atomic mass is 10.2. The van der Waals surface area contributed by atoms with Gasteiger partial charge in [-0.05, 0) is 23.8 Å². The van der Waals surface area contributed by atoms with Crippen LogP contribution >= 0.6 is 11.6 Å². The Kier molecular flexibility index (Phi) is 6.31. The minimum absolute atomic E-state index is 0.129. The molecule has 0 fully saturated rings. The van der Waals surface area contributed by atoms with Crippen LogP contribution < -0.4 is 15.8 Å². The Morgan fingerprint density at radius 3 is 2.66 bits per heavy atom. The Morgan fingerprint density at radius 2 is 1.93 bits per heavy atom. The number of aromatic nitrogens is 1. The topological polar surface area (TPSA) is 110 Å². The summed E-state index contributed by atoms with van der Waals surface area (Å²) in [6.07, 6.45) is 1.39. The minimum Gasteiger partial charge on any atom is -0.487 e. The Morgan fingerprint density at radius 1 is 1.17 bits per heavy atom. The number of nitrogen functional groups attached to an aromatic ring is 1. The van der Waals surface area contributed by atoms with Crippen LogP contribution in [-0.4, -0.2) is 23.9 Å². The standard InChI is InChI=1S/C21H19ClN4O3/c1-28-20(24)16-10-14(11-25-19(16)23)26-21(27)15-8-5-9-17(18(15)22)29-12-13-6-3-2-4-7-13/h2-11,24H,12H2,1H3,(H2,23,25)(H,26,27). The molecule has 0 aliphatic rings. The molecule has 0 aliphatic carbocycles. The number of halogens is 1. The highest BCUT2D eigenvalue weighted by Crippen LogP contribution is 2.29. The van der Waals surface area contributed by atoms with E-state index in [2.05, 4.69) is 10.3 Å². The third-order valence-electron chi connectivity index (χ3n) is 4.07. The quantitative estimate of drug-likeness (QED) is 0.418. The lowest BCUT2D eigenvalue weighted by Crippen LogP contribution is -2.15. The van der Waals surface area contributed by atoms with Gasteiger partial charge in [0.2, 0.25) is 5.90 Å². The van der Waals surface area contributed by atoms with Gasteiger partial charge in [0.05, 0.1) is 35.1 Å². The molecule has 8 heteroatoms. The molecule has 0 saturated heterocycles. The van der Waals surface area contributed by atoms with Crippen LogP contribution in [0, 0.1) is 5.41 Å². The predicted molar refractivity (Wildman–Crippen MR) is 113 cm³/mol. The van der Waals surface area contributed by atoms with E-state index in [1.807, 2.05) is 30.3 Å². The van der Waals surface area contributed by atoms with Gasteiger partial charge in [-0.1, -0.05) is 48.0 Å². The third kappa shape index (κ3) is 4.83. The fourth-order valence-electron chi connectivity index (χ4n) is 2.57. The summed E-state index contributed by atoms with van der Waals surface area (Å²) in [5, 5.41) is 10.6. The maximum absolute atomic E-state index is 12.7. The molecule has 7 nitrogen and oxygen atoms in total. The Hall–Kier alpha value is -3.58. The van der Waals surface area contributed by atoms with Gasteiger partial charge in [0.1, 0.15) is 18.2 Å². The maximum Gasteiger partial charge on any atom is 0.257 e. The van der Waals surface area contributed by atoms with E-state index in [0.717, 1.165) is 5.56 Å². The normalized spacial score (nSPS) is 10.3. The van der Waals surface area contributed by atoms with Crippen molar-refractivity contribution in [2.75, 3.05) is 18.2 Å². The highest BCUT2D eigenvalue weighted by Gasteiger charge is 2.16. The van der Waals surface area contributed by atoms with Crippen LogP contribution in [-0.2, 0) is 11.3 Å². The van der Waals surface area contributed by atoms with Crippen molar-refractivity contribution in [1.82, 2.24) is 4.98 Å². The molecule has 0 atom stereocenters. The predicted octanol–water partition coefficient (Wildman–Crippen LogP) is 4.12. The summed E-state index contributed by atoms with van der Waals surface area (Å²) in [5.74, 6) is -0.0632. The van der Waals surface area contributed by atoms with Gasteiger partial charge in [0, 0.05) is 0 Å². The van der Waals surface area contributed by atoms with Crippen LogP contribution in [0.2, 0.25) is 5.02 Å². The van der Waals surface area contributed by atoms with Gasteiger partial charge in [-0.2, -0.15) is 0 Å². The molecule has 148 valence electrons. The van der Waals surface area contributed by atoms with Crippen molar-refractivity contribution in [3.05, 3.63) is 82.5 Å². The van der Waals surface area contributed by atoms with Crippen LogP contribution in [0.1, 0.15) is 21.5 Å². The van der Waals surface area contributed by atoms with Gasteiger partial charge in [0.25, 0.3) is 5.91 Å². The van der Waals surface area contributed by atoms with Crippen molar-refractivity contribution >= 4 is 34.9 Å². The lowest BCUT2D eigenvalue weighted by molar-refractivity contribution is 0.102. The number of anilines is 2. The van der Waals surface area contributed by atoms with Gasteiger partial charge >= 0.3 is 0 Å².